The highest BCUT2D eigenvalue weighted by atomic mass is 15.1. The molecule has 0 fully saturated rings. The Morgan fingerprint density at radius 2 is 2.00 bits per heavy atom. The van der Waals surface area contributed by atoms with Crippen molar-refractivity contribution < 1.29 is 0 Å². The molecule has 82 valence electrons. The normalized spacial score (nSPS) is 21.3. The van der Waals surface area contributed by atoms with Gasteiger partial charge in [-0.3, -0.25) is 0 Å². The van der Waals surface area contributed by atoms with Crippen molar-refractivity contribution in [3.63, 3.8) is 0 Å². The van der Waals surface area contributed by atoms with Gasteiger partial charge in [0.2, 0.25) is 0 Å². The lowest BCUT2D eigenvalue weighted by Gasteiger charge is -2.21. The Kier molecular flexibility index (Phi) is 5.20. The Morgan fingerprint density at radius 3 is 2.71 bits per heavy atom. The second-order valence-corrected chi connectivity index (χ2v) is 4.60. The van der Waals surface area contributed by atoms with Crippen LogP contribution in [0.4, 0.5) is 0 Å². The van der Waals surface area contributed by atoms with Crippen LogP contribution in [0.3, 0.4) is 0 Å². The largest absolute Gasteiger partial charge is 0.323 e. The first-order valence-corrected chi connectivity index (χ1v) is 5.79. The maximum Gasteiger partial charge on any atom is 0.0383 e. The quantitative estimate of drug-likeness (QED) is 0.701. The maximum absolute atomic E-state index is 6.16. The summed E-state index contributed by atoms with van der Waals surface area (Å²) in [5, 5.41) is 0. The monoisotopic (exact) mass is 196 g/mol. The zero-order valence-electron chi connectivity index (χ0n) is 9.63. The van der Waals surface area contributed by atoms with Gasteiger partial charge in [0.25, 0.3) is 0 Å². The summed E-state index contributed by atoms with van der Waals surface area (Å²) in [6, 6.07) is 0.253. The van der Waals surface area contributed by atoms with E-state index < -0.39 is 0 Å². The van der Waals surface area contributed by atoms with Crippen LogP contribution >= 0.6 is 0 Å². The van der Waals surface area contributed by atoms with Gasteiger partial charge in [0.1, 0.15) is 0 Å². The van der Waals surface area contributed by atoms with Gasteiger partial charge in [-0.05, 0) is 39.8 Å². The molecule has 0 spiro atoms. The smallest absolute Gasteiger partial charge is 0.0383 e. The summed E-state index contributed by atoms with van der Waals surface area (Å²) in [5.74, 6) is 0. The molecule has 0 amide bonds. The maximum atomic E-state index is 6.16. The van der Waals surface area contributed by atoms with Crippen LogP contribution in [0.1, 0.15) is 38.5 Å². The lowest BCUT2D eigenvalue weighted by molar-refractivity contribution is 0.384. The molecule has 0 bridgehead atoms. The number of allylic oxidation sites excluding steroid dienone is 1. The van der Waals surface area contributed by atoms with Crippen molar-refractivity contribution >= 4 is 0 Å². The molecule has 1 rings (SSSR count). The van der Waals surface area contributed by atoms with Gasteiger partial charge in [0.15, 0.2) is 0 Å². The Morgan fingerprint density at radius 1 is 1.29 bits per heavy atom. The summed E-state index contributed by atoms with van der Waals surface area (Å²) >= 11 is 0. The van der Waals surface area contributed by atoms with Crippen LogP contribution < -0.4 is 5.73 Å². The number of likely N-dealkylation sites (N-methyl/N-ethyl adjacent to an activating group) is 1. The lowest BCUT2D eigenvalue weighted by atomic mass is 9.95. The highest BCUT2D eigenvalue weighted by Gasteiger charge is 2.11. The Bertz CT molecular complexity index is 185. The molecule has 0 saturated carbocycles. The summed E-state index contributed by atoms with van der Waals surface area (Å²) in [7, 11) is 4.17. The summed E-state index contributed by atoms with van der Waals surface area (Å²) < 4.78 is 0. The van der Waals surface area contributed by atoms with Gasteiger partial charge in [0.05, 0.1) is 0 Å². The van der Waals surface area contributed by atoms with Crippen LogP contribution in [0.15, 0.2) is 11.6 Å². The number of hydrogen-bond acceptors (Lipinski definition) is 2. The number of nitrogens with two attached hydrogens (primary N) is 1. The van der Waals surface area contributed by atoms with E-state index in [1.807, 2.05) is 0 Å². The minimum absolute atomic E-state index is 0.253. The first-order valence-electron chi connectivity index (χ1n) is 5.79. The lowest BCUT2D eigenvalue weighted by Crippen LogP contribution is -2.35. The molecule has 0 saturated heterocycles. The second kappa shape index (κ2) is 6.20. The average molecular weight is 196 g/mol. The van der Waals surface area contributed by atoms with Crippen LogP contribution in [0, 0.1) is 0 Å². The minimum Gasteiger partial charge on any atom is -0.323 e. The SMILES string of the molecule is CN(C)CC(N)C1=CCCCCCC1. The molecule has 2 nitrogen and oxygen atoms in total. The molecule has 2 N–H and O–H groups in total. The summed E-state index contributed by atoms with van der Waals surface area (Å²) in [4.78, 5) is 2.17. The molecule has 0 aromatic rings. The van der Waals surface area contributed by atoms with Crippen molar-refractivity contribution in [3.05, 3.63) is 11.6 Å². The molecular weight excluding hydrogens is 172 g/mol. The molecule has 0 radical (unpaired) electrons. The van der Waals surface area contributed by atoms with Gasteiger partial charge >= 0.3 is 0 Å². The highest BCUT2D eigenvalue weighted by molar-refractivity contribution is 5.11. The van der Waals surface area contributed by atoms with Gasteiger partial charge < -0.3 is 10.6 Å². The zero-order valence-corrected chi connectivity index (χ0v) is 9.63. The molecule has 1 aliphatic rings. The number of rotatable bonds is 3. The molecule has 1 atom stereocenters. The second-order valence-electron chi connectivity index (χ2n) is 4.60. The third-order valence-corrected chi connectivity index (χ3v) is 2.86. The van der Waals surface area contributed by atoms with E-state index in [0.717, 1.165) is 6.54 Å². The first-order chi connectivity index (χ1) is 6.70. The van der Waals surface area contributed by atoms with Crippen LogP contribution in [0.5, 0.6) is 0 Å². The van der Waals surface area contributed by atoms with Crippen molar-refractivity contribution in [2.24, 2.45) is 5.73 Å². The molecule has 1 aliphatic carbocycles. The van der Waals surface area contributed by atoms with Crippen LogP contribution in [0.2, 0.25) is 0 Å². The Hall–Kier alpha value is -0.340. The highest BCUT2D eigenvalue weighted by Crippen LogP contribution is 2.18. The van der Waals surface area contributed by atoms with Gasteiger partial charge in [-0.15, -0.1) is 0 Å². The van der Waals surface area contributed by atoms with E-state index in [1.54, 1.807) is 0 Å². The van der Waals surface area contributed by atoms with Crippen molar-refractivity contribution in [2.75, 3.05) is 20.6 Å². The summed E-state index contributed by atoms with van der Waals surface area (Å²) in [6.07, 6.45) is 10.3. The van der Waals surface area contributed by atoms with Crippen molar-refractivity contribution in [1.29, 1.82) is 0 Å². The van der Waals surface area contributed by atoms with Crippen molar-refractivity contribution in [2.45, 2.75) is 44.6 Å². The molecule has 0 aliphatic heterocycles. The van der Waals surface area contributed by atoms with E-state index in [4.69, 9.17) is 5.73 Å². The third-order valence-electron chi connectivity index (χ3n) is 2.86. The molecule has 0 aromatic carbocycles. The summed E-state index contributed by atoms with van der Waals surface area (Å²) in [5.41, 5.74) is 7.64. The van der Waals surface area contributed by atoms with Crippen molar-refractivity contribution in [3.8, 4) is 0 Å². The van der Waals surface area contributed by atoms with Crippen LogP contribution in [0.25, 0.3) is 0 Å². The van der Waals surface area contributed by atoms with Gasteiger partial charge in [-0.2, -0.15) is 0 Å². The zero-order chi connectivity index (χ0) is 10.4. The van der Waals surface area contributed by atoms with E-state index in [-0.39, 0.29) is 6.04 Å². The topological polar surface area (TPSA) is 29.3 Å². The van der Waals surface area contributed by atoms with E-state index in [1.165, 1.54) is 44.1 Å². The molecular formula is C12H24N2. The molecule has 0 aromatic heterocycles. The van der Waals surface area contributed by atoms with E-state index in [9.17, 15) is 0 Å². The predicted octanol–water partition coefficient (Wildman–Crippen LogP) is 2.16. The Balaban J connectivity index is 2.45. The van der Waals surface area contributed by atoms with Crippen LogP contribution in [-0.2, 0) is 0 Å². The number of hydrogen-bond donors (Lipinski definition) is 1. The standard InChI is InChI=1S/C12H24N2/c1-14(2)10-12(13)11-8-6-4-3-5-7-9-11/h8,12H,3-7,9-10,13H2,1-2H3. The molecule has 1 unspecified atom stereocenters. The fourth-order valence-corrected chi connectivity index (χ4v) is 2.06. The van der Waals surface area contributed by atoms with Gasteiger partial charge in [-0.25, -0.2) is 0 Å². The van der Waals surface area contributed by atoms with E-state index in [2.05, 4.69) is 25.1 Å². The first kappa shape index (κ1) is 11.7. The van der Waals surface area contributed by atoms with E-state index in [0.29, 0.717) is 0 Å². The number of nitrogens with zero attached hydrogens (tertiary/aromatic N) is 1. The molecule has 14 heavy (non-hydrogen) atoms. The minimum atomic E-state index is 0.253. The molecule has 0 heterocycles. The van der Waals surface area contributed by atoms with E-state index >= 15 is 0 Å². The molecule has 2 heteroatoms. The average Bonchev–Trinajstić information content (AvgIpc) is 2.00. The fraction of sp³-hybridized carbons (Fsp3) is 0.833. The predicted molar refractivity (Wildman–Crippen MR) is 62.3 cm³/mol. The van der Waals surface area contributed by atoms with Gasteiger partial charge in [-0.1, -0.05) is 24.5 Å². The van der Waals surface area contributed by atoms with Gasteiger partial charge in [0, 0.05) is 12.6 Å². The van der Waals surface area contributed by atoms with Crippen molar-refractivity contribution in [1.82, 2.24) is 4.90 Å². The third kappa shape index (κ3) is 4.25. The van der Waals surface area contributed by atoms with Crippen LogP contribution in [-0.4, -0.2) is 31.6 Å². The fourth-order valence-electron chi connectivity index (χ4n) is 2.06. The summed E-state index contributed by atoms with van der Waals surface area (Å²) in [6.45, 7) is 0.978. The Labute approximate surface area is 88.2 Å².